The van der Waals surface area contributed by atoms with Crippen LogP contribution < -0.4 is 15.5 Å². The van der Waals surface area contributed by atoms with E-state index in [2.05, 4.69) is 15.8 Å². The smallest absolute Gasteiger partial charge is 0.187 e. The zero-order chi connectivity index (χ0) is 15.9. The van der Waals surface area contributed by atoms with E-state index in [4.69, 9.17) is 44.9 Å². The Morgan fingerprint density at radius 1 is 1.50 bits per heavy atom. The average molecular weight is 360 g/mol. The van der Waals surface area contributed by atoms with Crippen LogP contribution in [0.25, 0.3) is 6.08 Å². The number of halogens is 2. The quantitative estimate of drug-likeness (QED) is 0.366. The Balaban J connectivity index is 1.95. The number of nitrogens with one attached hydrogen (secondary N) is 2. The molecule has 0 atom stereocenters. The largest absolute Gasteiger partial charge is 0.487 e. The van der Waals surface area contributed by atoms with E-state index in [1.54, 1.807) is 25.5 Å². The number of nitrogens with zero attached hydrogens (tertiary/aromatic N) is 1. The number of ether oxygens (including phenoxy) is 2. The van der Waals surface area contributed by atoms with E-state index < -0.39 is 0 Å². The van der Waals surface area contributed by atoms with Gasteiger partial charge in [-0.2, -0.15) is 5.10 Å². The molecule has 1 aliphatic rings. The maximum atomic E-state index is 6.08. The molecule has 5 nitrogen and oxygen atoms in total. The van der Waals surface area contributed by atoms with Crippen LogP contribution in [0.5, 0.6) is 5.75 Å². The number of hydrogen-bond donors (Lipinski definition) is 2. The lowest BCUT2D eigenvalue weighted by atomic mass is 10.1. The Morgan fingerprint density at radius 2 is 2.32 bits per heavy atom. The minimum Gasteiger partial charge on any atom is -0.487 e. The van der Waals surface area contributed by atoms with Gasteiger partial charge in [-0.1, -0.05) is 23.2 Å². The summed E-state index contributed by atoms with van der Waals surface area (Å²) < 4.78 is 10.5. The Kier molecular flexibility index (Phi) is 6.45. The van der Waals surface area contributed by atoms with Crippen LogP contribution >= 0.6 is 35.4 Å². The lowest BCUT2D eigenvalue weighted by molar-refractivity contribution is 0.204. The highest BCUT2D eigenvalue weighted by Crippen LogP contribution is 2.36. The summed E-state index contributed by atoms with van der Waals surface area (Å²) in [5, 5.41) is 8.49. The normalized spacial score (nSPS) is 13.3. The van der Waals surface area contributed by atoms with Crippen LogP contribution in [-0.2, 0) is 4.74 Å². The minimum atomic E-state index is 0.378. The molecule has 0 fully saturated rings. The Hall–Kier alpha value is -1.34. The number of hydrazone groups is 1. The van der Waals surface area contributed by atoms with Gasteiger partial charge in [-0.15, -0.1) is 0 Å². The molecular weight excluding hydrogens is 345 g/mol. The van der Waals surface area contributed by atoms with E-state index in [1.165, 1.54) is 0 Å². The highest BCUT2D eigenvalue weighted by molar-refractivity contribution is 7.80. The number of hydrogen-bond acceptors (Lipinski definition) is 4. The molecule has 0 spiro atoms. The Bertz CT molecular complexity index is 620. The molecular formula is C14H15Cl2N3O2S. The predicted molar refractivity (Wildman–Crippen MR) is 94.0 cm³/mol. The third-order valence-electron chi connectivity index (χ3n) is 2.75. The molecule has 1 heterocycles. The third kappa shape index (κ3) is 4.84. The van der Waals surface area contributed by atoms with Crippen LogP contribution in [0.15, 0.2) is 22.8 Å². The highest BCUT2D eigenvalue weighted by atomic mass is 35.5. The van der Waals surface area contributed by atoms with Crippen LogP contribution in [-0.4, -0.2) is 38.2 Å². The molecule has 0 saturated heterocycles. The van der Waals surface area contributed by atoms with E-state index >= 15 is 0 Å². The van der Waals surface area contributed by atoms with Gasteiger partial charge in [-0.25, -0.2) is 0 Å². The minimum absolute atomic E-state index is 0.378. The molecule has 0 aromatic heterocycles. The second-order valence-corrected chi connectivity index (χ2v) is 5.68. The van der Waals surface area contributed by atoms with Gasteiger partial charge >= 0.3 is 0 Å². The van der Waals surface area contributed by atoms with E-state index in [0.717, 1.165) is 11.1 Å². The van der Waals surface area contributed by atoms with Crippen molar-refractivity contribution in [2.45, 2.75) is 0 Å². The van der Waals surface area contributed by atoms with Crippen molar-refractivity contribution in [3.05, 3.63) is 33.3 Å². The first-order chi connectivity index (χ1) is 10.6. The van der Waals surface area contributed by atoms with Gasteiger partial charge in [0.2, 0.25) is 0 Å². The molecule has 1 aromatic carbocycles. The highest BCUT2D eigenvalue weighted by Gasteiger charge is 2.14. The zero-order valence-electron chi connectivity index (χ0n) is 11.9. The van der Waals surface area contributed by atoms with Crippen LogP contribution in [0.1, 0.15) is 5.56 Å². The van der Waals surface area contributed by atoms with E-state index in [-0.39, 0.29) is 0 Å². The predicted octanol–water partition coefficient (Wildman–Crippen LogP) is 2.87. The van der Waals surface area contributed by atoms with Gasteiger partial charge in [0.05, 0.1) is 17.8 Å². The van der Waals surface area contributed by atoms with Gasteiger partial charge < -0.3 is 14.8 Å². The number of rotatable bonds is 5. The zero-order valence-corrected chi connectivity index (χ0v) is 14.2. The van der Waals surface area contributed by atoms with Gasteiger partial charge in [0.1, 0.15) is 12.4 Å². The third-order valence-corrected chi connectivity index (χ3v) is 3.48. The number of methoxy groups -OCH3 is 1. The van der Waals surface area contributed by atoms with Gasteiger partial charge in [-0.3, -0.25) is 5.43 Å². The molecule has 8 heteroatoms. The van der Waals surface area contributed by atoms with Gasteiger partial charge in [0, 0.05) is 29.8 Å². The summed E-state index contributed by atoms with van der Waals surface area (Å²) in [4.78, 5) is 0. The Labute approximate surface area is 144 Å². The van der Waals surface area contributed by atoms with Crippen molar-refractivity contribution in [3.8, 4) is 5.75 Å². The van der Waals surface area contributed by atoms with Crippen molar-refractivity contribution in [2.75, 3.05) is 26.9 Å². The fraction of sp³-hybridized carbons (Fsp3) is 0.286. The van der Waals surface area contributed by atoms with E-state index in [9.17, 15) is 0 Å². The molecule has 2 rings (SSSR count). The van der Waals surface area contributed by atoms with E-state index in [0.29, 0.717) is 40.7 Å². The van der Waals surface area contributed by atoms with Crippen LogP contribution in [0.3, 0.4) is 0 Å². The molecule has 1 aromatic rings. The second kappa shape index (κ2) is 8.33. The molecule has 0 saturated carbocycles. The maximum absolute atomic E-state index is 6.08. The molecule has 1 aliphatic heterocycles. The van der Waals surface area contributed by atoms with Gasteiger partial charge in [0.25, 0.3) is 0 Å². The standard InChI is InChI=1S/C14H15Cl2N3O2S/c1-20-3-2-17-14(22)19-18-7-9-4-10-5-11(15)6-12(16)13(10)21-8-9/h4-7H,2-3,8H2,1H3,(H2,17,19,22)/b18-7-. The number of thiocarbonyl (C=S) groups is 1. The summed E-state index contributed by atoms with van der Waals surface area (Å²) in [7, 11) is 1.63. The van der Waals surface area contributed by atoms with Crippen molar-refractivity contribution < 1.29 is 9.47 Å². The monoisotopic (exact) mass is 359 g/mol. The Morgan fingerprint density at radius 3 is 3.09 bits per heavy atom. The van der Waals surface area contributed by atoms with Crippen molar-refractivity contribution >= 4 is 52.8 Å². The first-order valence-corrected chi connectivity index (χ1v) is 7.65. The first-order valence-electron chi connectivity index (χ1n) is 6.48. The lowest BCUT2D eigenvalue weighted by Gasteiger charge is -2.17. The maximum Gasteiger partial charge on any atom is 0.187 e. The topological polar surface area (TPSA) is 54.9 Å². The van der Waals surface area contributed by atoms with Crippen molar-refractivity contribution in [3.63, 3.8) is 0 Å². The molecule has 0 radical (unpaired) electrons. The van der Waals surface area contributed by atoms with E-state index in [1.807, 2.05) is 6.08 Å². The summed E-state index contributed by atoms with van der Waals surface area (Å²) in [5.74, 6) is 0.632. The molecule has 118 valence electrons. The average Bonchev–Trinajstić information content (AvgIpc) is 2.47. The fourth-order valence-electron chi connectivity index (χ4n) is 1.79. The van der Waals surface area contributed by atoms with Crippen LogP contribution in [0, 0.1) is 0 Å². The summed E-state index contributed by atoms with van der Waals surface area (Å²) >= 11 is 17.1. The summed E-state index contributed by atoms with van der Waals surface area (Å²) in [6.07, 6.45) is 3.56. The first kappa shape index (κ1) is 17.0. The molecule has 22 heavy (non-hydrogen) atoms. The van der Waals surface area contributed by atoms with Crippen molar-refractivity contribution in [2.24, 2.45) is 5.10 Å². The molecule has 0 unspecified atom stereocenters. The lowest BCUT2D eigenvalue weighted by Crippen LogP contribution is -2.34. The summed E-state index contributed by atoms with van der Waals surface area (Å²) in [6.45, 7) is 1.57. The molecule has 0 amide bonds. The summed E-state index contributed by atoms with van der Waals surface area (Å²) in [6, 6.07) is 3.45. The summed E-state index contributed by atoms with van der Waals surface area (Å²) in [5.41, 5.74) is 4.42. The van der Waals surface area contributed by atoms with Crippen molar-refractivity contribution in [1.82, 2.24) is 10.7 Å². The molecule has 0 aliphatic carbocycles. The van der Waals surface area contributed by atoms with Crippen LogP contribution in [0.4, 0.5) is 0 Å². The van der Waals surface area contributed by atoms with Gasteiger partial charge in [-0.05, 0) is 30.4 Å². The molecule has 2 N–H and O–H groups in total. The van der Waals surface area contributed by atoms with Gasteiger partial charge in [0.15, 0.2) is 5.11 Å². The van der Waals surface area contributed by atoms with Crippen molar-refractivity contribution in [1.29, 1.82) is 0 Å². The SMILES string of the molecule is COCCNC(=S)N/N=C\C1=Cc2cc(Cl)cc(Cl)c2OC1. The number of fused-ring (bicyclic) bond motifs is 1. The molecule has 0 bridgehead atoms. The second-order valence-electron chi connectivity index (χ2n) is 4.43. The fourth-order valence-corrected chi connectivity index (χ4v) is 2.51. The van der Waals surface area contributed by atoms with Crippen LogP contribution in [0.2, 0.25) is 10.0 Å². The number of benzene rings is 1.